The molecule has 3 aromatic rings. The first-order valence-corrected chi connectivity index (χ1v) is 8.10. The highest BCUT2D eigenvalue weighted by atomic mass is 19.4. The molecule has 1 amide bonds. The molecule has 0 aliphatic heterocycles. The first-order valence-electron chi connectivity index (χ1n) is 8.10. The number of benzene rings is 2. The van der Waals surface area contributed by atoms with Crippen LogP contribution in [0.15, 0.2) is 58.1 Å². The molecule has 0 radical (unpaired) electrons. The van der Waals surface area contributed by atoms with Crippen LogP contribution in [0, 0.1) is 0 Å². The SMILES string of the molecule is O=C(CCn1[nH]c(=O)c2ccccc2c1=O)Nc1cccc(OC(F)(F)F)c1. The van der Waals surface area contributed by atoms with Crippen LogP contribution < -0.4 is 21.2 Å². The lowest BCUT2D eigenvalue weighted by molar-refractivity contribution is -0.274. The van der Waals surface area contributed by atoms with E-state index in [0.29, 0.717) is 0 Å². The van der Waals surface area contributed by atoms with Crippen molar-refractivity contribution in [3.63, 3.8) is 0 Å². The Balaban J connectivity index is 1.69. The van der Waals surface area contributed by atoms with Gasteiger partial charge in [-0.15, -0.1) is 13.2 Å². The largest absolute Gasteiger partial charge is 0.573 e. The van der Waals surface area contributed by atoms with Gasteiger partial charge in [0.2, 0.25) is 5.91 Å². The van der Waals surface area contributed by atoms with Crippen LogP contribution in [-0.2, 0) is 11.3 Å². The van der Waals surface area contributed by atoms with Crippen molar-refractivity contribution in [2.24, 2.45) is 0 Å². The second kappa shape index (κ2) is 7.59. The first-order chi connectivity index (χ1) is 13.2. The Morgan fingerprint density at radius 2 is 1.79 bits per heavy atom. The van der Waals surface area contributed by atoms with Crippen LogP contribution in [0.5, 0.6) is 5.75 Å². The van der Waals surface area contributed by atoms with Crippen LogP contribution in [-0.4, -0.2) is 22.1 Å². The quantitative estimate of drug-likeness (QED) is 0.697. The predicted molar refractivity (Wildman–Crippen MR) is 95.2 cm³/mol. The number of aromatic amines is 1. The number of aryl methyl sites for hydroxylation is 1. The third-order valence-electron chi connectivity index (χ3n) is 3.80. The number of rotatable bonds is 5. The van der Waals surface area contributed by atoms with Crippen molar-refractivity contribution in [3.05, 3.63) is 69.2 Å². The lowest BCUT2D eigenvalue weighted by Gasteiger charge is -2.11. The predicted octanol–water partition coefficient (Wildman–Crippen LogP) is 2.62. The van der Waals surface area contributed by atoms with Crippen LogP contribution in [0.2, 0.25) is 0 Å². The Kier molecular flexibility index (Phi) is 5.21. The maximum absolute atomic E-state index is 12.4. The number of H-pyrrole nitrogens is 1. The summed E-state index contributed by atoms with van der Waals surface area (Å²) in [6, 6.07) is 11.1. The van der Waals surface area contributed by atoms with E-state index in [4.69, 9.17) is 0 Å². The number of nitrogens with zero attached hydrogens (tertiary/aromatic N) is 1. The van der Waals surface area contributed by atoms with Gasteiger partial charge in [0.1, 0.15) is 5.75 Å². The van der Waals surface area contributed by atoms with Crippen LogP contribution in [0.25, 0.3) is 10.8 Å². The third kappa shape index (κ3) is 4.58. The molecule has 1 aromatic heterocycles. The summed E-state index contributed by atoms with van der Waals surface area (Å²) in [5.41, 5.74) is -0.817. The van der Waals surface area contributed by atoms with Crippen LogP contribution in [0.3, 0.4) is 0 Å². The van der Waals surface area contributed by atoms with E-state index >= 15 is 0 Å². The molecule has 10 heteroatoms. The van der Waals surface area contributed by atoms with Crippen molar-refractivity contribution in [2.75, 3.05) is 5.32 Å². The van der Waals surface area contributed by atoms with Crippen molar-refractivity contribution in [3.8, 4) is 5.75 Å². The number of fused-ring (bicyclic) bond motifs is 1. The fraction of sp³-hybridized carbons (Fsp3) is 0.167. The van der Waals surface area contributed by atoms with Gasteiger partial charge in [0.25, 0.3) is 11.1 Å². The third-order valence-corrected chi connectivity index (χ3v) is 3.80. The standard InChI is InChI=1S/C18H14F3N3O4/c19-18(20,21)28-12-5-3-4-11(10-12)22-15(25)8-9-24-17(27)14-7-2-1-6-13(14)16(26)23-24/h1-7,10H,8-9H2,(H,22,25)(H,23,26). The highest BCUT2D eigenvalue weighted by Gasteiger charge is 2.31. The molecule has 146 valence electrons. The van der Waals surface area contributed by atoms with Crippen molar-refractivity contribution in [1.29, 1.82) is 0 Å². The molecule has 28 heavy (non-hydrogen) atoms. The number of halogens is 3. The van der Waals surface area contributed by atoms with Gasteiger partial charge in [-0.2, -0.15) is 0 Å². The van der Waals surface area contributed by atoms with E-state index < -0.39 is 29.1 Å². The van der Waals surface area contributed by atoms with Crippen LogP contribution >= 0.6 is 0 Å². The second-order valence-corrected chi connectivity index (χ2v) is 5.82. The van der Waals surface area contributed by atoms with Gasteiger partial charge < -0.3 is 10.1 Å². The number of carbonyl (C=O) groups excluding carboxylic acids is 1. The van der Waals surface area contributed by atoms with Crippen LogP contribution in [0.4, 0.5) is 18.9 Å². The number of hydrogen-bond acceptors (Lipinski definition) is 4. The van der Waals surface area contributed by atoms with Gasteiger partial charge >= 0.3 is 6.36 Å². The van der Waals surface area contributed by atoms with Crippen molar-refractivity contribution in [2.45, 2.75) is 19.3 Å². The maximum Gasteiger partial charge on any atom is 0.573 e. The topological polar surface area (TPSA) is 93.2 Å². The van der Waals surface area contributed by atoms with Crippen LogP contribution in [0.1, 0.15) is 6.42 Å². The summed E-state index contributed by atoms with van der Waals surface area (Å²) in [5.74, 6) is -1.02. The molecule has 7 nitrogen and oxygen atoms in total. The lowest BCUT2D eigenvalue weighted by atomic mass is 10.2. The molecular weight excluding hydrogens is 379 g/mol. The number of anilines is 1. The summed E-state index contributed by atoms with van der Waals surface area (Å²) in [5, 5.41) is 5.28. The van der Waals surface area contributed by atoms with E-state index in [2.05, 4.69) is 15.2 Å². The molecule has 0 aliphatic rings. The molecule has 0 fully saturated rings. The fourth-order valence-corrected chi connectivity index (χ4v) is 2.61. The van der Waals surface area contributed by atoms with E-state index in [1.807, 2.05) is 0 Å². The van der Waals surface area contributed by atoms with Crippen molar-refractivity contribution >= 4 is 22.4 Å². The van der Waals surface area contributed by atoms with Gasteiger partial charge in [-0.05, 0) is 24.3 Å². The average molecular weight is 393 g/mol. The van der Waals surface area contributed by atoms with Gasteiger partial charge in [0.05, 0.1) is 17.3 Å². The number of carbonyl (C=O) groups is 1. The van der Waals surface area contributed by atoms with Gasteiger partial charge in [-0.3, -0.25) is 19.5 Å². The van der Waals surface area contributed by atoms with E-state index in [1.165, 1.54) is 24.3 Å². The summed E-state index contributed by atoms with van der Waals surface area (Å²) in [6.45, 7) is -0.108. The number of aromatic nitrogens is 2. The molecule has 0 saturated heterocycles. The van der Waals surface area contributed by atoms with E-state index in [0.717, 1.165) is 16.8 Å². The molecule has 0 spiro atoms. The number of ether oxygens (including phenoxy) is 1. The summed E-state index contributed by atoms with van der Waals surface area (Å²) in [7, 11) is 0. The van der Waals surface area contributed by atoms with Gasteiger partial charge in [-0.1, -0.05) is 18.2 Å². The summed E-state index contributed by atoms with van der Waals surface area (Å²) < 4.78 is 41.6. The van der Waals surface area contributed by atoms with Gasteiger partial charge in [0, 0.05) is 18.2 Å². The molecule has 0 atom stereocenters. The minimum atomic E-state index is -4.84. The minimum Gasteiger partial charge on any atom is -0.406 e. The summed E-state index contributed by atoms with van der Waals surface area (Å²) in [6.07, 6.45) is -5.02. The zero-order valence-electron chi connectivity index (χ0n) is 14.2. The summed E-state index contributed by atoms with van der Waals surface area (Å²) in [4.78, 5) is 36.4. The number of nitrogens with one attached hydrogen (secondary N) is 2. The first kappa shape index (κ1) is 19.2. The zero-order chi connectivity index (χ0) is 20.3. The molecule has 0 bridgehead atoms. The Morgan fingerprint density at radius 1 is 1.07 bits per heavy atom. The Bertz CT molecular complexity index is 1140. The minimum absolute atomic E-state index is 0.103. The van der Waals surface area contributed by atoms with E-state index in [-0.39, 0.29) is 29.4 Å². The number of alkyl halides is 3. The van der Waals surface area contributed by atoms with Crippen molar-refractivity contribution < 1.29 is 22.7 Å². The second-order valence-electron chi connectivity index (χ2n) is 5.82. The maximum atomic E-state index is 12.4. The lowest BCUT2D eigenvalue weighted by Crippen LogP contribution is -2.31. The monoisotopic (exact) mass is 393 g/mol. The molecule has 3 rings (SSSR count). The molecule has 0 unspecified atom stereocenters. The molecule has 2 N–H and O–H groups in total. The average Bonchev–Trinajstić information content (AvgIpc) is 2.62. The smallest absolute Gasteiger partial charge is 0.406 e. The normalized spacial score (nSPS) is 11.4. The van der Waals surface area contributed by atoms with E-state index in [1.54, 1.807) is 12.1 Å². The zero-order valence-corrected chi connectivity index (χ0v) is 14.2. The molecule has 0 saturated carbocycles. The van der Waals surface area contributed by atoms with Gasteiger partial charge in [-0.25, -0.2) is 4.68 Å². The fourth-order valence-electron chi connectivity index (χ4n) is 2.61. The van der Waals surface area contributed by atoms with Gasteiger partial charge in [0.15, 0.2) is 0 Å². The molecule has 1 heterocycles. The summed E-state index contributed by atoms with van der Waals surface area (Å²) >= 11 is 0. The number of amides is 1. The van der Waals surface area contributed by atoms with Crippen molar-refractivity contribution in [1.82, 2.24) is 9.78 Å². The Labute approximate surface area is 155 Å². The highest BCUT2D eigenvalue weighted by Crippen LogP contribution is 2.25. The number of hydrogen-bond donors (Lipinski definition) is 2. The highest BCUT2D eigenvalue weighted by molar-refractivity contribution is 5.90. The molecular formula is C18H14F3N3O4. The van der Waals surface area contributed by atoms with E-state index in [9.17, 15) is 27.6 Å². The molecule has 0 aliphatic carbocycles. The Hall–Kier alpha value is -3.56. The molecule has 2 aromatic carbocycles. The Morgan fingerprint density at radius 3 is 2.50 bits per heavy atom.